The van der Waals surface area contributed by atoms with E-state index in [4.69, 9.17) is 19.3 Å². The van der Waals surface area contributed by atoms with Crippen molar-refractivity contribution in [1.29, 1.82) is 0 Å². The van der Waals surface area contributed by atoms with Gasteiger partial charge in [0.25, 0.3) is 5.91 Å². The summed E-state index contributed by atoms with van der Waals surface area (Å²) in [6, 6.07) is 14.7. The summed E-state index contributed by atoms with van der Waals surface area (Å²) in [6.45, 7) is 6.57. The van der Waals surface area contributed by atoms with Crippen LogP contribution < -0.4 is 14.8 Å². The smallest absolute Gasteiger partial charge is 0.317 e. The van der Waals surface area contributed by atoms with Crippen LogP contribution in [0.25, 0.3) is 0 Å². The number of hydrogen-bond donors (Lipinski definition) is 1. The molecule has 0 aliphatic carbocycles. The van der Waals surface area contributed by atoms with E-state index in [0.717, 1.165) is 42.1 Å². The number of nitrogens with zero attached hydrogens (tertiary/aromatic N) is 4. The number of carbonyl (C=O) groups is 2. The average molecular weight is 538 g/mol. The Morgan fingerprint density at radius 3 is 2.51 bits per heavy atom. The summed E-state index contributed by atoms with van der Waals surface area (Å²) in [4.78, 5) is 30.7. The highest BCUT2D eigenvalue weighted by molar-refractivity contribution is 6.03. The summed E-state index contributed by atoms with van der Waals surface area (Å²) in [7, 11) is 3.25. The number of rotatable bonds is 11. The van der Waals surface area contributed by atoms with Crippen LogP contribution in [0.5, 0.6) is 11.5 Å². The molecule has 1 atom stereocenters. The lowest BCUT2D eigenvalue weighted by molar-refractivity contribution is -0.133. The summed E-state index contributed by atoms with van der Waals surface area (Å²) >= 11 is 0. The van der Waals surface area contributed by atoms with Crippen LogP contribution in [0.15, 0.2) is 53.6 Å². The lowest BCUT2D eigenvalue weighted by Crippen LogP contribution is -2.49. The third-order valence-corrected chi connectivity index (χ3v) is 7.02. The van der Waals surface area contributed by atoms with Gasteiger partial charge in [0.2, 0.25) is 0 Å². The summed E-state index contributed by atoms with van der Waals surface area (Å²) in [6.07, 6.45) is 1.34. The van der Waals surface area contributed by atoms with Crippen molar-refractivity contribution >= 4 is 17.6 Å². The van der Waals surface area contributed by atoms with E-state index in [9.17, 15) is 9.59 Å². The van der Waals surface area contributed by atoms with E-state index in [1.54, 1.807) is 19.1 Å². The van der Waals surface area contributed by atoms with E-state index < -0.39 is 0 Å². The maximum absolute atomic E-state index is 13.8. The van der Waals surface area contributed by atoms with Crippen molar-refractivity contribution in [3.05, 3.63) is 59.7 Å². The first-order valence-corrected chi connectivity index (χ1v) is 13.5. The summed E-state index contributed by atoms with van der Waals surface area (Å²) < 4.78 is 16.4. The Balaban J connectivity index is 1.58. The second-order valence-corrected chi connectivity index (χ2v) is 9.58. The van der Waals surface area contributed by atoms with Gasteiger partial charge in [0.1, 0.15) is 18.0 Å². The van der Waals surface area contributed by atoms with Crippen molar-refractivity contribution in [2.45, 2.75) is 25.8 Å². The molecule has 0 radical (unpaired) electrons. The lowest BCUT2D eigenvalue weighted by atomic mass is 9.97. The number of morpholine rings is 1. The molecule has 10 heteroatoms. The van der Waals surface area contributed by atoms with E-state index in [1.807, 2.05) is 55.5 Å². The average Bonchev–Trinajstić information content (AvgIpc) is 3.44. The molecule has 1 N–H and O–H groups in total. The Hall–Kier alpha value is -3.63. The minimum absolute atomic E-state index is 0.0784. The van der Waals surface area contributed by atoms with Gasteiger partial charge in [-0.05, 0) is 42.3 Å². The molecule has 2 aliphatic rings. The first-order valence-electron chi connectivity index (χ1n) is 13.5. The van der Waals surface area contributed by atoms with E-state index in [1.165, 1.54) is 5.01 Å². The maximum Gasteiger partial charge on any atom is 0.317 e. The number of para-hydroxylation sites is 1. The Morgan fingerprint density at radius 1 is 1.08 bits per heavy atom. The van der Waals surface area contributed by atoms with Gasteiger partial charge in [-0.25, -0.2) is 9.80 Å². The SMILES string of the molecule is CCCNC(=O)N(CCN1CCOCC1)CC(=O)N1N=C(c2ccc(OC)cc2)C[C@H]1c1ccccc1OC. The molecule has 0 unspecified atom stereocenters. The monoisotopic (exact) mass is 537 g/mol. The summed E-state index contributed by atoms with van der Waals surface area (Å²) in [5.74, 6) is 1.19. The van der Waals surface area contributed by atoms with E-state index in [-0.39, 0.29) is 24.5 Å². The summed E-state index contributed by atoms with van der Waals surface area (Å²) in [5.41, 5.74) is 2.57. The quantitative estimate of drug-likeness (QED) is 0.473. The van der Waals surface area contributed by atoms with Gasteiger partial charge in [0, 0.05) is 44.7 Å². The highest BCUT2D eigenvalue weighted by Crippen LogP contribution is 2.37. The van der Waals surface area contributed by atoms with E-state index in [0.29, 0.717) is 45.0 Å². The van der Waals surface area contributed by atoms with Crippen molar-refractivity contribution in [2.75, 3.05) is 66.7 Å². The third-order valence-electron chi connectivity index (χ3n) is 7.02. The molecule has 39 heavy (non-hydrogen) atoms. The van der Waals surface area contributed by atoms with E-state index >= 15 is 0 Å². The predicted molar refractivity (Wildman–Crippen MR) is 149 cm³/mol. The van der Waals surface area contributed by atoms with Crippen LogP contribution in [0.1, 0.15) is 36.9 Å². The topological polar surface area (TPSA) is 95.9 Å². The Kier molecular flexibility index (Phi) is 10.2. The number of hydrazone groups is 1. The molecule has 2 aromatic rings. The fraction of sp³-hybridized carbons (Fsp3) is 0.483. The molecular formula is C29H39N5O5. The number of nitrogens with one attached hydrogen (secondary N) is 1. The Morgan fingerprint density at radius 2 is 1.82 bits per heavy atom. The minimum Gasteiger partial charge on any atom is -0.497 e. The molecule has 0 aromatic heterocycles. The van der Waals surface area contributed by atoms with Crippen molar-refractivity contribution in [1.82, 2.24) is 20.1 Å². The van der Waals surface area contributed by atoms with Gasteiger partial charge in [0.15, 0.2) is 0 Å². The van der Waals surface area contributed by atoms with Crippen LogP contribution >= 0.6 is 0 Å². The Bertz CT molecular complexity index is 1130. The third kappa shape index (κ3) is 7.27. The van der Waals surface area contributed by atoms with Gasteiger partial charge >= 0.3 is 6.03 Å². The van der Waals surface area contributed by atoms with Crippen LogP contribution in [-0.4, -0.2) is 99.2 Å². The van der Waals surface area contributed by atoms with Gasteiger partial charge in [-0.15, -0.1) is 0 Å². The Labute approximate surface area is 230 Å². The number of urea groups is 1. The zero-order chi connectivity index (χ0) is 27.6. The molecule has 210 valence electrons. The van der Waals surface area contributed by atoms with Crippen LogP contribution in [0.2, 0.25) is 0 Å². The normalized spacial score (nSPS) is 17.5. The molecule has 4 rings (SSSR count). The number of amides is 3. The molecule has 1 fully saturated rings. The van der Waals surface area contributed by atoms with Crippen LogP contribution in [0.4, 0.5) is 4.79 Å². The largest absolute Gasteiger partial charge is 0.497 e. The standard InChI is InChI=1S/C29H39N5O5/c1-4-13-30-29(36)33(15-14-32-16-18-39-19-17-32)21-28(35)34-26(24-7-5-6-8-27(24)38-3)20-25(31-34)22-9-11-23(37-2)12-10-22/h5-12,26H,4,13-21H2,1-3H3,(H,30,36)/t26-/m0/s1. The molecule has 3 amide bonds. The van der Waals surface area contributed by atoms with Crippen molar-refractivity contribution < 1.29 is 23.8 Å². The van der Waals surface area contributed by atoms with Gasteiger partial charge in [-0.3, -0.25) is 9.69 Å². The minimum atomic E-state index is -0.356. The molecule has 2 heterocycles. The zero-order valence-electron chi connectivity index (χ0n) is 23.1. The van der Waals surface area contributed by atoms with Gasteiger partial charge in [0.05, 0.1) is 39.2 Å². The lowest BCUT2D eigenvalue weighted by Gasteiger charge is -2.31. The van der Waals surface area contributed by atoms with Crippen molar-refractivity contribution in [2.24, 2.45) is 5.10 Å². The highest BCUT2D eigenvalue weighted by atomic mass is 16.5. The number of carbonyl (C=O) groups excluding carboxylic acids is 2. The summed E-state index contributed by atoms with van der Waals surface area (Å²) in [5, 5.41) is 9.24. The number of hydrogen-bond acceptors (Lipinski definition) is 7. The van der Waals surface area contributed by atoms with Crippen molar-refractivity contribution in [3.63, 3.8) is 0 Å². The molecule has 1 saturated heterocycles. The number of methoxy groups -OCH3 is 2. The zero-order valence-corrected chi connectivity index (χ0v) is 23.1. The molecule has 0 saturated carbocycles. The highest BCUT2D eigenvalue weighted by Gasteiger charge is 2.36. The van der Waals surface area contributed by atoms with Gasteiger partial charge in [-0.2, -0.15) is 5.10 Å². The molecule has 2 aromatic carbocycles. The number of benzene rings is 2. The number of ether oxygens (including phenoxy) is 3. The molecular weight excluding hydrogens is 498 g/mol. The predicted octanol–water partition coefficient (Wildman–Crippen LogP) is 3.14. The molecule has 10 nitrogen and oxygen atoms in total. The van der Waals surface area contributed by atoms with Crippen LogP contribution in [0, 0.1) is 0 Å². The van der Waals surface area contributed by atoms with Crippen LogP contribution in [0.3, 0.4) is 0 Å². The second kappa shape index (κ2) is 14.0. The fourth-order valence-corrected chi connectivity index (χ4v) is 4.80. The first kappa shape index (κ1) is 28.4. The van der Waals surface area contributed by atoms with Gasteiger partial charge < -0.3 is 24.4 Å². The van der Waals surface area contributed by atoms with Crippen LogP contribution in [-0.2, 0) is 9.53 Å². The molecule has 0 spiro atoms. The fourth-order valence-electron chi connectivity index (χ4n) is 4.80. The van der Waals surface area contributed by atoms with Crippen molar-refractivity contribution in [3.8, 4) is 11.5 Å². The molecule has 2 aliphatic heterocycles. The van der Waals surface area contributed by atoms with Gasteiger partial charge in [-0.1, -0.05) is 25.1 Å². The second-order valence-electron chi connectivity index (χ2n) is 9.58. The maximum atomic E-state index is 13.8. The first-order chi connectivity index (χ1) is 19.0. The molecule has 0 bridgehead atoms. The van der Waals surface area contributed by atoms with E-state index in [2.05, 4.69) is 10.2 Å².